The minimum Gasteiger partial charge on any atom is -0.402 e. The van der Waals surface area contributed by atoms with Gasteiger partial charge in [-0.2, -0.15) is 0 Å². The van der Waals surface area contributed by atoms with E-state index in [1.54, 1.807) is 0 Å². The number of benzene rings is 4. The molecule has 2 heterocycles. The van der Waals surface area contributed by atoms with Gasteiger partial charge in [-0.3, -0.25) is 0 Å². The minimum absolute atomic E-state index is 0.0482. The van der Waals surface area contributed by atoms with Crippen molar-refractivity contribution in [3.05, 3.63) is 189 Å². The predicted octanol–water partition coefficient (Wildman–Crippen LogP) is 11.7. The number of aromatic nitrogens is 1. The molecule has 0 fully saturated rings. The van der Waals surface area contributed by atoms with E-state index in [2.05, 4.69) is 190 Å². The Balaban J connectivity index is 1.51. The fraction of sp³-hybridized carbons (Fsp3) is 0.224. The van der Waals surface area contributed by atoms with Crippen LogP contribution in [0, 0.1) is 33.6 Å². The molecule has 7 rings (SSSR count). The second kappa shape index (κ2) is 15.2. The molecular formula is C49H52N4. The fourth-order valence-corrected chi connectivity index (χ4v) is 8.41. The lowest BCUT2D eigenvalue weighted by atomic mass is 9.73. The van der Waals surface area contributed by atoms with E-state index in [1.807, 2.05) is 6.92 Å². The van der Waals surface area contributed by atoms with E-state index in [0.29, 0.717) is 6.54 Å². The van der Waals surface area contributed by atoms with E-state index in [0.717, 1.165) is 23.4 Å². The lowest BCUT2D eigenvalue weighted by Crippen LogP contribution is -2.46. The largest absolute Gasteiger partial charge is 0.402 e. The molecule has 4 heteroatoms. The van der Waals surface area contributed by atoms with Crippen molar-refractivity contribution >= 4 is 16.5 Å². The molecule has 0 saturated heterocycles. The monoisotopic (exact) mass is 696 g/mol. The molecule has 5 aromatic rings. The number of fused-ring (bicyclic) bond motifs is 2. The SMILES string of the molecule is C/C=C\C=C(/NN1CC=C2C(=C/CC)/C(=C(/C)N)C=CC2C1c1cc(C)cc(C)c1-n1cc2ccccc2c1-c1ccccc1C)c1ccccc1C. The topological polar surface area (TPSA) is 46.2 Å². The molecule has 0 saturated carbocycles. The molecule has 4 aromatic carbocycles. The van der Waals surface area contributed by atoms with Crippen LogP contribution in [0.4, 0.5) is 0 Å². The smallest absolute Gasteiger partial charge is 0.0668 e. The van der Waals surface area contributed by atoms with Crippen molar-refractivity contribution in [3.63, 3.8) is 0 Å². The molecule has 0 bridgehead atoms. The molecule has 2 atom stereocenters. The second-order valence-corrected chi connectivity index (χ2v) is 14.6. The summed E-state index contributed by atoms with van der Waals surface area (Å²) in [7, 11) is 0. The third-order valence-electron chi connectivity index (χ3n) is 10.8. The number of aryl methyl sites for hydroxylation is 4. The van der Waals surface area contributed by atoms with Gasteiger partial charge in [0.25, 0.3) is 0 Å². The number of hydrazine groups is 1. The van der Waals surface area contributed by atoms with Crippen LogP contribution in [0.15, 0.2) is 156 Å². The fourth-order valence-electron chi connectivity index (χ4n) is 8.41. The third-order valence-corrected chi connectivity index (χ3v) is 10.8. The average Bonchev–Trinajstić information content (AvgIpc) is 3.52. The van der Waals surface area contributed by atoms with Crippen molar-refractivity contribution in [2.45, 2.75) is 60.9 Å². The lowest BCUT2D eigenvalue weighted by molar-refractivity contribution is 0.139. The Morgan fingerprint density at radius 2 is 1.64 bits per heavy atom. The van der Waals surface area contributed by atoms with Crippen molar-refractivity contribution in [2.24, 2.45) is 11.7 Å². The Morgan fingerprint density at radius 3 is 2.38 bits per heavy atom. The third kappa shape index (κ3) is 6.76. The van der Waals surface area contributed by atoms with E-state index >= 15 is 0 Å². The molecule has 0 amide bonds. The molecule has 0 spiro atoms. The number of nitrogens with zero attached hydrogens (tertiary/aromatic N) is 2. The van der Waals surface area contributed by atoms with Gasteiger partial charge in [-0.1, -0.05) is 134 Å². The maximum absolute atomic E-state index is 6.55. The van der Waals surface area contributed by atoms with Gasteiger partial charge < -0.3 is 15.7 Å². The van der Waals surface area contributed by atoms with Crippen LogP contribution in [0.25, 0.3) is 33.4 Å². The molecule has 0 radical (unpaired) electrons. The summed E-state index contributed by atoms with van der Waals surface area (Å²) in [5, 5.41) is 4.94. The number of nitrogens with two attached hydrogens (primary N) is 1. The van der Waals surface area contributed by atoms with Gasteiger partial charge in [0, 0.05) is 46.3 Å². The van der Waals surface area contributed by atoms with Crippen LogP contribution >= 0.6 is 0 Å². The number of allylic oxidation sites excluding steroid dienone is 8. The van der Waals surface area contributed by atoms with Gasteiger partial charge in [-0.15, -0.1) is 0 Å². The van der Waals surface area contributed by atoms with Gasteiger partial charge in [0.05, 0.1) is 23.1 Å². The van der Waals surface area contributed by atoms with E-state index in [9.17, 15) is 0 Å². The van der Waals surface area contributed by atoms with Crippen LogP contribution < -0.4 is 11.2 Å². The molecular weight excluding hydrogens is 645 g/mol. The van der Waals surface area contributed by atoms with E-state index in [4.69, 9.17) is 5.73 Å². The molecule has 268 valence electrons. The molecule has 3 N–H and O–H groups in total. The van der Waals surface area contributed by atoms with Crippen LogP contribution in [0.1, 0.15) is 66.6 Å². The van der Waals surface area contributed by atoms with E-state index < -0.39 is 0 Å². The first-order chi connectivity index (χ1) is 25.7. The summed E-state index contributed by atoms with van der Waals surface area (Å²) in [6.45, 7) is 15.9. The highest BCUT2D eigenvalue weighted by Gasteiger charge is 2.39. The zero-order chi connectivity index (χ0) is 37.2. The zero-order valence-corrected chi connectivity index (χ0v) is 32.2. The Morgan fingerprint density at radius 1 is 0.906 bits per heavy atom. The Bertz CT molecular complexity index is 2370. The van der Waals surface area contributed by atoms with E-state index in [1.165, 1.54) is 72.2 Å². The number of hydrogen-bond donors (Lipinski definition) is 2. The van der Waals surface area contributed by atoms with Gasteiger partial charge in [0.1, 0.15) is 0 Å². The maximum Gasteiger partial charge on any atom is 0.0668 e. The number of rotatable bonds is 8. The first-order valence-corrected chi connectivity index (χ1v) is 19.0. The normalized spacial score (nSPS) is 19.6. The van der Waals surface area contributed by atoms with Gasteiger partial charge in [-0.05, 0) is 93.0 Å². The number of nitrogens with one attached hydrogen (secondary N) is 1. The molecule has 1 aromatic heterocycles. The first-order valence-electron chi connectivity index (χ1n) is 19.0. The van der Waals surface area contributed by atoms with Crippen molar-refractivity contribution in [3.8, 4) is 16.9 Å². The molecule has 1 aliphatic carbocycles. The maximum atomic E-state index is 6.55. The highest BCUT2D eigenvalue weighted by molar-refractivity contribution is 5.98. The highest BCUT2D eigenvalue weighted by atomic mass is 15.5. The van der Waals surface area contributed by atoms with Gasteiger partial charge >= 0.3 is 0 Å². The predicted molar refractivity (Wildman–Crippen MR) is 225 cm³/mol. The van der Waals surface area contributed by atoms with Crippen molar-refractivity contribution in [1.29, 1.82) is 0 Å². The zero-order valence-electron chi connectivity index (χ0n) is 32.2. The lowest BCUT2D eigenvalue weighted by Gasteiger charge is -2.44. The summed E-state index contributed by atoms with van der Waals surface area (Å²) in [5.41, 5.74) is 27.4. The molecule has 1 aliphatic heterocycles. The summed E-state index contributed by atoms with van der Waals surface area (Å²) in [6.07, 6.45) is 19.1. The number of hydrogen-bond acceptors (Lipinski definition) is 3. The van der Waals surface area contributed by atoms with Crippen molar-refractivity contribution in [1.82, 2.24) is 15.0 Å². The molecule has 2 aliphatic rings. The quantitative estimate of drug-likeness (QED) is 0.159. The van der Waals surface area contributed by atoms with Crippen LogP contribution in [-0.2, 0) is 0 Å². The Hall–Kier alpha value is -5.58. The summed E-state index contributed by atoms with van der Waals surface area (Å²) in [4.78, 5) is 0. The minimum atomic E-state index is -0.0482. The summed E-state index contributed by atoms with van der Waals surface area (Å²) >= 11 is 0. The average molecular weight is 697 g/mol. The van der Waals surface area contributed by atoms with Crippen LogP contribution in [0.5, 0.6) is 0 Å². The molecule has 4 nitrogen and oxygen atoms in total. The van der Waals surface area contributed by atoms with Gasteiger partial charge in [-0.25, -0.2) is 5.01 Å². The first kappa shape index (κ1) is 35.8. The summed E-state index contributed by atoms with van der Waals surface area (Å²) in [6, 6.07) is 30.9. The van der Waals surface area contributed by atoms with Crippen LogP contribution in [-0.4, -0.2) is 16.1 Å². The summed E-state index contributed by atoms with van der Waals surface area (Å²) in [5.74, 6) is 0.0730. The molecule has 53 heavy (non-hydrogen) atoms. The summed E-state index contributed by atoms with van der Waals surface area (Å²) < 4.78 is 2.48. The van der Waals surface area contributed by atoms with Crippen LogP contribution in [0.3, 0.4) is 0 Å². The van der Waals surface area contributed by atoms with Gasteiger partial charge in [0.2, 0.25) is 0 Å². The molecule has 2 unspecified atom stereocenters. The van der Waals surface area contributed by atoms with Gasteiger partial charge in [0.15, 0.2) is 0 Å². The van der Waals surface area contributed by atoms with Crippen molar-refractivity contribution in [2.75, 3.05) is 6.54 Å². The van der Waals surface area contributed by atoms with Crippen molar-refractivity contribution < 1.29 is 0 Å². The second-order valence-electron chi connectivity index (χ2n) is 14.6. The Kier molecular flexibility index (Phi) is 10.3. The Labute approximate surface area is 316 Å². The van der Waals surface area contributed by atoms with Crippen LogP contribution in [0.2, 0.25) is 0 Å². The highest BCUT2D eigenvalue weighted by Crippen LogP contribution is 2.48. The van der Waals surface area contributed by atoms with E-state index in [-0.39, 0.29) is 12.0 Å². The standard InChI is InChI=1S/C49H52N4/c1-8-10-24-46(38-21-14-11-18-33(38)4)51-53-28-27-43-42(17-9-2)40(36(7)50)25-26-44(43)49(53)45-30-32(3)29-35(6)47(45)52-31-37-20-13-16-23-41(37)48(52)39-22-15-12-19-34(39)5/h8,10-27,29-31,44,49,51H,9,28,50H2,1-7H3/b10-8-,40-36-,42-17+,46-24-.